The van der Waals surface area contributed by atoms with Gasteiger partial charge in [0.1, 0.15) is 0 Å². The molecule has 5 aromatic rings. The average molecular weight is 535 g/mol. The van der Waals surface area contributed by atoms with Gasteiger partial charge in [-0.05, 0) is 55.1 Å². The molecule has 40 heavy (non-hydrogen) atoms. The van der Waals surface area contributed by atoms with E-state index in [2.05, 4.69) is 73.7 Å². The summed E-state index contributed by atoms with van der Waals surface area (Å²) in [6.07, 6.45) is 22.4. The molecule has 0 aliphatic heterocycles. The maximum absolute atomic E-state index is 6.21. The first-order valence-corrected chi connectivity index (χ1v) is 16.5. The minimum Gasteiger partial charge on any atom is -0.377 e. The molecule has 212 valence electrons. The lowest BCUT2D eigenvalue weighted by Crippen LogP contribution is -1.97. The van der Waals surface area contributed by atoms with E-state index in [9.17, 15) is 0 Å². The molecule has 0 spiro atoms. The molecule has 0 heterocycles. The quantitative estimate of drug-likeness (QED) is 0.0581. The van der Waals surface area contributed by atoms with Crippen LogP contribution >= 0.6 is 0 Å². The van der Waals surface area contributed by atoms with Gasteiger partial charge in [0.15, 0.2) is 0 Å². The summed E-state index contributed by atoms with van der Waals surface area (Å²) in [5, 5.41) is 10.9. The van der Waals surface area contributed by atoms with E-state index in [1.54, 1.807) is 0 Å². The molecule has 0 aromatic heterocycles. The van der Waals surface area contributed by atoms with Crippen LogP contribution in [0.2, 0.25) is 0 Å². The van der Waals surface area contributed by atoms with E-state index in [-0.39, 0.29) is 0 Å². The predicted octanol–water partition coefficient (Wildman–Crippen LogP) is 12.5. The standard InChI is InChI=1S/C39H50O/c1-2-3-4-5-6-7-8-9-10-11-12-13-14-15-16-17-29-40-30-32-27-28-37-35-25-19-22-31-21-18-24-34(38(31)35)36-26-20-23-33(32)39(36)37/h18-28H,2-17,29-30H2,1H3. The Labute approximate surface area is 242 Å². The van der Waals surface area contributed by atoms with E-state index < -0.39 is 0 Å². The lowest BCUT2D eigenvalue weighted by molar-refractivity contribution is 0.117. The number of benzene rings is 5. The highest BCUT2D eigenvalue weighted by Crippen LogP contribution is 2.41. The van der Waals surface area contributed by atoms with Crippen LogP contribution in [0.15, 0.2) is 66.7 Å². The Morgan fingerprint density at radius 1 is 0.425 bits per heavy atom. The second kappa shape index (κ2) is 15.4. The minimum atomic E-state index is 0.699. The summed E-state index contributed by atoms with van der Waals surface area (Å²) in [6.45, 7) is 3.86. The first kappa shape index (κ1) is 28.9. The van der Waals surface area contributed by atoms with Crippen LogP contribution in [0.5, 0.6) is 0 Å². The summed E-state index contributed by atoms with van der Waals surface area (Å²) in [6, 6.07) is 24.8. The third kappa shape index (κ3) is 7.16. The smallest absolute Gasteiger partial charge is 0.0722 e. The normalized spacial score (nSPS) is 12.0. The van der Waals surface area contributed by atoms with Gasteiger partial charge in [0.05, 0.1) is 6.61 Å². The fourth-order valence-corrected chi connectivity index (χ4v) is 6.77. The molecule has 0 atom stereocenters. The van der Waals surface area contributed by atoms with Gasteiger partial charge in [0.25, 0.3) is 0 Å². The number of unbranched alkanes of at least 4 members (excludes halogenated alkanes) is 15. The van der Waals surface area contributed by atoms with Crippen LogP contribution in [-0.2, 0) is 11.3 Å². The molecule has 0 aliphatic carbocycles. The molecule has 0 radical (unpaired) electrons. The highest BCUT2D eigenvalue weighted by Gasteiger charge is 2.14. The van der Waals surface area contributed by atoms with E-state index >= 15 is 0 Å². The van der Waals surface area contributed by atoms with Crippen LogP contribution < -0.4 is 0 Å². The van der Waals surface area contributed by atoms with Crippen LogP contribution in [0.25, 0.3) is 43.1 Å². The first-order valence-electron chi connectivity index (χ1n) is 16.5. The maximum atomic E-state index is 6.21. The molecule has 5 aromatic carbocycles. The highest BCUT2D eigenvalue weighted by molar-refractivity contribution is 6.33. The van der Waals surface area contributed by atoms with Crippen LogP contribution in [0.4, 0.5) is 0 Å². The molecule has 0 amide bonds. The molecule has 0 N–H and O–H groups in total. The summed E-state index contributed by atoms with van der Waals surface area (Å²) in [4.78, 5) is 0. The lowest BCUT2D eigenvalue weighted by atomic mass is 9.88. The highest BCUT2D eigenvalue weighted by atomic mass is 16.5. The average Bonchev–Trinajstić information content (AvgIpc) is 2.99. The van der Waals surface area contributed by atoms with Crippen molar-refractivity contribution in [3.8, 4) is 0 Å². The van der Waals surface area contributed by atoms with Gasteiger partial charge >= 0.3 is 0 Å². The van der Waals surface area contributed by atoms with E-state index in [1.807, 2.05) is 0 Å². The van der Waals surface area contributed by atoms with Gasteiger partial charge in [0, 0.05) is 6.61 Å². The van der Waals surface area contributed by atoms with Gasteiger partial charge in [-0.2, -0.15) is 0 Å². The SMILES string of the molecule is CCCCCCCCCCCCCCCCCCOCc1ccc2c3cccc4cccc(c5cccc1c52)c43. The molecular formula is C39H50O. The molecule has 0 unspecified atom stereocenters. The summed E-state index contributed by atoms with van der Waals surface area (Å²) in [5.74, 6) is 0. The zero-order valence-electron chi connectivity index (χ0n) is 25.0. The van der Waals surface area contributed by atoms with Crippen molar-refractivity contribution in [2.75, 3.05) is 6.61 Å². The number of fused-ring (bicyclic) bond motifs is 2. The van der Waals surface area contributed by atoms with Crippen molar-refractivity contribution in [3.05, 3.63) is 72.3 Å². The predicted molar refractivity (Wildman–Crippen MR) is 177 cm³/mol. The lowest BCUT2D eigenvalue weighted by Gasteiger charge is -2.16. The number of ether oxygens (including phenoxy) is 1. The summed E-state index contributed by atoms with van der Waals surface area (Å²) >= 11 is 0. The Morgan fingerprint density at radius 3 is 1.45 bits per heavy atom. The Morgan fingerprint density at radius 2 is 0.875 bits per heavy atom. The first-order chi connectivity index (χ1) is 19.9. The minimum absolute atomic E-state index is 0.699. The molecule has 1 heteroatoms. The molecule has 0 saturated heterocycles. The van der Waals surface area contributed by atoms with E-state index in [4.69, 9.17) is 4.74 Å². The van der Waals surface area contributed by atoms with Crippen molar-refractivity contribution in [3.63, 3.8) is 0 Å². The third-order valence-electron chi connectivity index (χ3n) is 9.02. The second-order valence-electron chi connectivity index (χ2n) is 12.1. The fourth-order valence-electron chi connectivity index (χ4n) is 6.77. The molecular weight excluding hydrogens is 484 g/mol. The van der Waals surface area contributed by atoms with Gasteiger partial charge in [-0.25, -0.2) is 0 Å². The van der Waals surface area contributed by atoms with Crippen LogP contribution in [0.1, 0.15) is 115 Å². The van der Waals surface area contributed by atoms with Crippen molar-refractivity contribution in [2.24, 2.45) is 0 Å². The Bertz CT molecular complexity index is 1400. The van der Waals surface area contributed by atoms with Crippen molar-refractivity contribution in [1.29, 1.82) is 0 Å². The third-order valence-corrected chi connectivity index (χ3v) is 9.02. The molecule has 0 fully saturated rings. The Kier molecular flexibility index (Phi) is 11.1. The van der Waals surface area contributed by atoms with Crippen LogP contribution in [-0.4, -0.2) is 6.61 Å². The Balaban J connectivity index is 1.00. The number of rotatable bonds is 19. The zero-order chi connectivity index (χ0) is 27.4. The largest absolute Gasteiger partial charge is 0.377 e. The van der Waals surface area contributed by atoms with Crippen LogP contribution in [0.3, 0.4) is 0 Å². The number of hydrogen-bond donors (Lipinski definition) is 0. The second-order valence-corrected chi connectivity index (χ2v) is 12.1. The van der Waals surface area contributed by atoms with E-state index in [1.165, 1.54) is 151 Å². The van der Waals surface area contributed by atoms with E-state index in [0.717, 1.165) is 6.61 Å². The van der Waals surface area contributed by atoms with Gasteiger partial charge in [-0.1, -0.05) is 170 Å². The van der Waals surface area contributed by atoms with Gasteiger partial charge in [-0.15, -0.1) is 0 Å². The van der Waals surface area contributed by atoms with Gasteiger partial charge in [0.2, 0.25) is 0 Å². The molecule has 0 bridgehead atoms. The van der Waals surface area contributed by atoms with Crippen molar-refractivity contribution in [2.45, 2.75) is 116 Å². The van der Waals surface area contributed by atoms with E-state index in [0.29, 0.717) is 6.61 Å². The summed E-state index contributed by atoms with van der Waals surface area (Å²) in [7, 11) is 0. The van der Waals surface area contributed by atoms with Crippen LogP contribution in [0, 0.1) is 0 Å². The maximum Gasteiger partial charge on any atom is 0.0722 e. The van der Waals surface area contributed by atoms with Gasteiger partial charge < -0.3 is 4.74 Å². The molecule has 0 aliphatic rings. The molecule has 1 nitrogen and oxygen atoms in total. The van der Waals surface area contributed by atoms with Crippen molar-refractivity contribution >= 4 is 43.1 Å². The summed E-state index contributed by atoms with van der Waals surface area (Å²) in [5.41, 5.74) is 1.31. The molecule has 5 rings (SSSR count). The van der Waals surface area contributed by atoms with Crippen molar-refractivity contribution < 1.29 is 4.74 Å². The number of hydrogen-bond acceptors (Lipinski definition) is 1. The monoisotopic (exact) mass is 534 g/mol. The Hall–Kier alpha value is -2.64. The zero-order valence-corrected chi connectivity index (χ0v) is 25.0. The topological polar surface area (TPSA) is 9.23 Å². The molecule has 0 saturated carbocycles. The fraction of sp³-hybridized carbons (Fsp3) is 0.487. The summed E-state index contributed by atoms with van der Waals surface area (Å²) < 4.78 is 6.21. The van der Waals surface area contributed by atoms with Gasteiger partial charge in [-0.3, -0.25) is 0 Å². The van der Waals surface area contributed by atoms with Crippen molar-refractivity contribution in [1.82, 2.24) is 0 Å².